The van der Waals surface area contributed by atoms with Crippen LogP contribution in [0.25, 0.3) is 0 Å². The van der Waals surface area contributed by atoms with E-state index in [1.165, 1.54) is 7.11 Å². The van der Waals surface area contributed by atoms with Crippen LogP contribution in [0.1, 0.15) is 45.0 Å². The smallest absolute Gasteiger partial charge is 0.337 e. The van der Waals surface area contributed by atoms with Gasteiger partial charge in [-0.2, -0.15) is 0 Å². The molecule has 7 nitrogen and oxygen atoms in total. The van der Waals surface area contributed by atoms with Crippen LogP contribution in [0.4, 0.5) is 0 Å². The van der Waals surface area contributed by atoms with Crippen molar-refractivity contribution in [1.29, 1.82) is 0 Å². The topological polar surface area (TPSA) is 94.1 Å². The fraction of sp³-hybridized carbons (Fsp3) is 0.267. The normalized spacial score (nSPS) is 16.9. The first-order valence-corrected chi connectivity index (χ1v) is 12.2. The number of ether oxygens (including phenoxy) is 3. The van der Waals surface area contributed by atoms with Crippen LogP contribution in [-0.4, -0.2) is 36.9 Å². The molecule has 0 aromatic heterocycles. The summed E-state index contributed by atoms with van der Waals surface area (Å²) < 4.78 is 16.8. The van der Waals surface area contributed by atoms with E-state index >= 15 is 0 Å². The summed E-state index contributed by atoms with van der Waals surface area (Å²) in [7, 11) is 1.35. The van der Waals surface area contributed by atoms with Gasteiger partial charge >= 0.3 is 5.97 Å². The van der Waals surface area contributed by atoms with Crippen molar-refractivity contribution in [3.05, 3.63) is 119 Å². The van der Waals surface area contributed by atoms with Gasteiger partial charge in [0.15, 0.2) is 5.76 Å². The van der Waals surface area contributed by atoms with Crippen LogP contribution in [0.15, 0.2) is 90.7 Å². The largest absolute Gasteiger partial charge is 0.465 e. The molecule has 0 spiro atoms. The summed E-state index contributed by atoms with van der Waals surface area (Å²) in [5.41, 5.74) is 4.29. The SMILES string of the molecule is COC(=O)c1ccc([C@H]2C=C(C(=O)NCCc3ccccc3)O[C@@H](OCc3ccc(CO)cc3)C2)cc1. The monoisotopic (exact) mass is 501 g/mol. The van der Waals surface area contributed by atoms with Crippen molar-refractivity contribution >= 4 is 11.9 Å². The summed E-state index contributed by atoms with van der Waals surface area (Å²) in [5.74, 6) is -0.632. The molecule has 4 rings (SSSR count). The minimum absolute atomic E-state index is 0.0170. The number of hydrogen-bond acceptors (Lipinski definition) is 6. The van der Waals surface area contributed by atoms with Gasteiger partial charge in [0, 0.05) is 18.9 Å². The van der Waals surface area contributed by atoms with Gasteiger partial charge in [-0.15, -0.1) is 0 Å². The molecule has 3 aromatic carbocycles. The molecule has 0 saturated heterocycles. The van der Waals surface area contributed by atoms with Crippen LogP contribution in [0.5, 0.6) is 0 Å². The van der Waals surface area contributed by atoms with Crippen molar-refractivity contribution in [3.8, 4) is 0 Å². The Morgan fingerprint density at radius 1 is 0.946 bits per heavy atom. The molecule has 0 aliphatic carbocycles. The summed E-state index contributed by atoms with van der Waals surface area (Å²) in [6.07, 6.45) is 2.39. The highest BCUT2D eigenvalue weighted by atomic mass is 16.7. The van der Waals surface area contributed by atoms with Crippen LogP contribution >= 0.6 is 0 Å². The molecule has 7 heteroatoms. The number of carbonyl (C=O) groups is 2. The summed E-state index contributed by atoms with van der Waals surface area (Å²) >= 11 is 0. The Morgan fingerprint density at radius 3 is 2.32 bits per heavy atom. The first-order chi connectivity index (χ1) is 18.1. The summed E-state index contributed by atoms with van der Waals surface area (Å²) in [5, 5.41) is 12.2. The third-order valence-electron chi connectivity index (χ3n) is 6.22. The Labute approximate surface area is 216 Å². The number of carbonyl (C=O) groups excluding carboxylic acids is 2. The lowest BCUT2D eigenvalue weighted by molar-refractivity contribution is -0.150. The maximum absolute atomic E-state index is 13.0. The fourth-order valence-corrected chi connectivity index (χ4v) is 4.12. The van der Waals surface area contributed by atoms with Crippen molar-refractivity contribution in [2.75, 3.05) is 13.7 Å². The van der Waals surface area contributed by atoms with E-state index in [9.17, 15) is 14.7 Å². The minimum atomic E-state index is -0.636. The van der Waals surface area contributed by atoms with Gasteiger partial charge in [0.1, 0.15) is 0 Å². The number of rotatable bonds is 10. The Kier molecular flexibility index (Phi) is 9.08. The molecule has 1 aliphatic rings. The predicted octanol–water partition coefficient (Wildman–Crippen LogP) is 4.26. The van der Waals surface area contributed by atoms with Crippen molar-refractivity contribution < 1.29 is 28.9 Å². The molecule has 1 amide bonds. The van der Waals surface area contributed by atoms with Gasteiger partial charge in [0.05, 0.1) is 25.9 Å². The maximum atomic E-state index is 13.0. The van der Waals surface area contributed by atoms with Gasteiger partial charge in [-0.25, -0.2) is 4.79 Å². The van der Waals surface area contributed by atoms with Crippen LogP contribution in [0.3, 0.4) is 0 Å². The lowest BCUT2D eigenvalue weighted by Gasteiger charge is -2.29. The van der Waals surface area contributed by atoms with Gasteiger partial charge in [-0.05, 0) is 46.9 Å². The Hall–Kier alpha value is -3.94. The molecule has 0 fully saturated rings. The Balaban J connectivity index is 1.45. The van der Waals surface area contributed by atoms with Gasteiger partial charge in [-0.1, -0.05) is 66.7 Å². The second-order valence-corrected chi connectivity index (χ2v) is 8.81. The van der Waals surface area contributed by atoms with Crippen molar-refractivity contribution in [1.82, 2.24) is 5.32 Å². The lowest BCUT2D eigenvalue weighted by atomic mass is 9.92. The van der Waals surface area contributed by atoms with Crippen molar-refractivity contribution in [3.63, 3.8) is 0 Å². The third kappa shape index (κ3) is 7.29. The fourth-order valence-electron chi connectivity index (χ4n) is 4.12. The van der Waals surface area contributed by atoms with E-state index in [1.807, 2.05) is 66.7 Å². The van der Waals surface area contributed by atoms with Gasteiger partial charge in [0.2, 0.25) is 6.29 Å². The van der Waals surface area contributed by atoms with E-state index in [0.29, 0.717) is 31.6 Å². The minimum Gasteiger partial charge on any atom is -0.465 e. The van der Waals surface area contributed by atoms with Gasteiger partial charge in [-0.3, -0.25) is 4.79 Å². The quantitative estimate of drug-likeness (QED) is 0.404. The molecule has 3 aromatic rings. The number of esters is 1. The molecule has 1 heterocycles. The number of aliphatic hydroxyl groups excluding tert-OH is 1. The second kappa shape index (κ2) is 12.9. The van der Waals surface area contributed by atoms with E-state index in [0.717, 1.165) is 22.3 Å². The van der Waals surface area contributed by atoms with Crippen molar-refractivity contribution in [2.24, 2.45) is 0 Å². The van der Waals surface area contributed by atoms with E-state index in [4.69, 9.17) is 14.2 Å². The number of hydrogen-bond donors (Lipinski definition) is 2. The number of nitrogens with one attached hydrogen (secondary N) is 1. The zero-order valence-electron chi connectivity index (χ0n) is 20.8. The molecule has 0 unspecified atom stereocenters. The molecular formula is C30H31NO6. The highest BCUT2D eigenvalue weighted by molar-refractivity contribution is 5.92. The average Bonchev–Trinajstić information content (AvgIpc) is 2.96. The van der Waals surface area contributed by atoms with E-state index < -0.39 is 12.3 Å². The molecule has 37 heavy (non-hydrogen) atoms. The molecule has 0 saturated carbocycles. The Bertz CT molecular complexity index is 1210. The molecular weight excluding hydrogens is 470 g/mol. The summed E-state index contributed by atoms with van der Waals surface area (Å²) in [6.45, 7) is 0.759. The summed E-state index contributed by atoms with van der Waals surface area (Å²) in [4.78, 5) is 24.8. The number of aliphatic hydroxyl groups is 1. The third-order valence-corrected chi connectivity index (χ3v) is 6.22. The first-order valence-electron chi connectivity index (χ1n) is 12.2. The van der Waals surface area contributed by atoms with Crippen LogP contribution in [0.2, 0.25) is 0 Å². The first kappa shape index (κ1) is 26.1. The van der Waals surface area contributed by atoms with Crippen LogP contribution < -0.4 is 5.32 Å². The van der Waals surface area contributed by atoms with Gasteiger partial charge < -0.3 is 24.6 Å². The lowest BCUT2D eigenvalue weighted by Crippen LogP contribution is -2.33. The van der Waals surface area contributed by atoms with Crippen molar-refractivity contribution in [2.45, 2.75) is 38.3 Å². The number of amides is 1. The van der Waals surface area contributed by atoms with E-state index in [1.54, 1.807) is 18.2 Å². The summed E-state index contributed by atoms with van der Waals surface area (Å²) in [6, 6.07) is 24.6. The van der Waals surface area contributed by atoms with Crippen LogP contribution in [-0.2, 0) is 38.6 Å². The highest BCUT2D eigenvalue weighted by Gasteiger charge is 2.29. The molecule has 192 valence electrons. The second-order valence-electron chi connectivity index (χ2n) is 8.81. The zero-order chi connectivity index (χ0) is 26.0. The average molecular weight is 502 g/mol. The molecule has 0 bridgehead atoms. The highest BCUT2D eigenvalue weighted by Crippen LogP contribution is 2.32. The van der Waals surface area contributed by atoms with E-state index in [2.05, 4.69) is 5.32 Å². The molecule has 2 atom stereocenters. The molecule has 0 radical (unpaired) electrons. The predicted molar refractivity (Wildman–Crippen MR) is 138 cm³/mol. The number of allylic oxidation sites excluding steroid dienone is 1. The van der Waals surface area contributed by atoms with E-state index in [-0.39, 0.29) is 24.2 Å². The Morgan fingerprint density at radius 2 is 1.65 bits per heavy atom. The van der Waals surface area contributed by atoms with Gasteiger partial charge in [0.25, 0.3) is 5.91 Å². The molecule has 2 N–H and O–H groups in total. The standard InChI is InChI=1S/C30H31NO6/c1-35-30(34)25-13-11-24(12-14-25)26-17-27(29(33)31-16-15-21-5-3-2-4-6-21)37-28(18-26)36-20-23-9-7-22(19-32)8-10-23/h2-14,17,26,28,32H,15-16,18-20H2,1H3,(H,31,33)/t26-,28+/m0/s1. The van der Waals surface area contributed by atoms with Crippen LogP contribution in [0, 0.1) is 0 Å². The number of methoxy groups -OCH3 is 1. The zero-order valence-corrected chi connectivity index (χ0v) is 20.8. The maximum Gasteiger partial charge on any atom is 0.337 e. The number of benzene rings is 3. The molecule has 1 aliphatic heterocycles.